The molecule has 1 aliphatic carbocycles. The fourth-order valence-electron chi connectivity index (χ4n) is 2.89. The first kappa shape index (κ1) is 15.0. The lowest BCUT2D eigenvalue weighted by Gasteiger charge is -2.52. The van der Waals surface area contributed by atoms with Crippen molar-refractivity contribution >= 4 is 11.9 Å². The van der Waals surface area contributed by atoms with Crippen LogP contribution in [0.2, 0.25) is 0 Å². The van der Waals surface area contributed by atoms with E-state index in [1.807, 2.05) is 0 Å². The SMILES string of the molecule is CCOC(=O)C1(C(=O)OCC)CC(CC)(CC)C1. The quantitative estimate of drug-likeness (QED) is 0.541. The molecule has 1 fully saturated rings. The molecule has 4 heteroatoms. The fourth-order valence-corrected chi connectivity index (χ4v) is 2.89. The smallest absolute Gasteiger partial charge is 0.323 e. The van der Waals surface area contributed by atoms with E-state index in [0.717, 1.165) is 12.8 Å². The van der Waals surface area contributed by atoms with E-state index < -0.39 is 17.4 Å². The summed E-state index contributed by atoms with van der Waals surface area (Å²) in [6.07, 6.45) is 3.07. The second kappa shape index (κ2) is 5.72. The summed E-state index contributed by atoms with van der Waals surface area (Å²) in [6.45, 7) is 8.30. The molecule has 104 valence electrons. The Balaban J connectivity index is 2.87. The highest BCUT2D eigenvalue weighted by atomic mass is 16.6. The Morgan fingerprint density at radius 2 is 1.28 bits per heavy atom. The van der Waals surface area contributed by atoms with Gasteiger partial charge < -0.3 is 9.47 Å². The minimum atomic E-state index is -1.04. The van der Waals surface area contributed by atoms with Crippen molar-refractivity contribution in [3.05, 3.63) is 0 Å². The van der Waals surface area contributed by atoms with E-state index in [9.17, 15) is 9.59 Å². The minimum absolute atomic E-state index is 0.0967. The Hall–Kier alpha value is -1.06. The summed E-state index contributed by atoms with van der Waals surface area (Å²) >= 11 is 0. The number of hydrogen-bond donors (Lipinski definition) is 0. The summed E-state index contributed by atoms with van der Waals surface area (Å²) in [5, 5.41) is 0. The predicted octanol–water partition coefficient (Wildman–Crippen LogP) is 2.70. The van der Waals surface area contributed by atoms with Gasteiger partial charge in [-0.15, -0.1) is 0 Å². The summed E-state index contributed by atoms with van der Waals surface area (Å²) in [6, 6.07) is 0. The Morgan fingerprint density at radius 3 is 1.56 bits per heavy atom. The van der Waals surface area contributed by atoms with Crippen LogP contribution in [0.3, 0.4) is 0 Å². The van der Waals surface area contributed by atoms with Crippen LogP contribution in [0.1, 0.15) is 53.4 Å². The molecule has 0 aromatic rings. The second-order valence-corrected chi connectivity index (χ2v) is 5.08. The average molecular weight is 256 g/mol. The molecule has 0 spiro atoms. The van der Waals surface area contributed by atoms with E-state index in [4.69, 9.17) is 9.47 Å². The van der Waals surface area contributed by atoms with Gasteiger partial charge in [0, 0.05) is 0 Å². The van der Waals surface area contributed by atoms with E-state index in [0.29, 0.717) is 26.1 Å². The van der Waals surface area contributed by atoms with Crippen molar-refractivity contribution in [3.8, 4) is 0 Å². The van der Waals surface area contributed by atoms with Crippen molar-refractivity contribution in [2.75, 3.05) is 13.2 Å². The van der Waals surface area contributed by atoms with E-state index in [1.165, 1.54) is 0 Å². The van der Waals surface area contributed by atoms with E-state index in [2.05, 4.69) is 13.8 Å². The zero-order valence-electron chi connectivity index (χ0n) is 11.9. The first-order chi connectivity index (χ1) is 8.50. The molecular weight excluding hydrogens is 232 g/mol. The molecule has 0 bridgehead atoms. The van der Waals surface area contributed by atoms with Gasteiger partial charge in [-0.2, -0.15) is 0 Å². The summed E-state index contributed by atoms with van der Waals surface area (Å²) < 4.78 is 10.1. The molecule has 0 N–H and O–H groups in total. The lowest BCUT2D eigenvalue weighted by Crippen LogP contribution is -2.56. The fraction of sp³-hybridized carbons (Fsp3) is 0.857. The van der Waals surface area contributed by atoms with E-state index in [1.54, 1.807) is 13.8 Å². The first-order valence-electron chi connectivity index (χ1n) is 6.84. The second-order valence-electron chi connectivity index (χ2n) is 5.08. The average Bonchev–Trinajstić information content (AvgIpc) is 2.30. The molecule has 0 atom stereocenters. The largest absolute Gasteiger partial charge is 0.465 e. The van der Waals surface area contributed by atoms with Crippen LogP contribution in [0, 0.1) is 10.8 Å². The molecule has 18 heavy (non-hydrogen) atoms. The van der Waals surface area contributed by atoms with Crippen LogP contribution in [0.4, 0.5) is 0 Å². The maximum Gasteiger partial charge on any atom is 0.323 e. The standard InChI is InChI=1S/C14H24O4/c1-5-13(6-2)9-14(10-13,11(15)17-7-3)12(16)18-8-4/h5-10H2,1-4H3. The van der Waals surface area contributed by atoms with Crippen molar-refractivity contribution in [2.24, 2.45) is 10.8 Å². The first-order valence-corrected chi connectivity index (χ1v) is 6.84. The lowest BCUT2D eigenvalue weighted by molar-refractivity contribution is -0.192. The zero-order chi connectivity index (χ0) is 13.8. The Morgan fingerprint density at radius 1 is 0.889 bits per heavy atom. The Kier molecular flexibility index (Phi) is 4.77. The highest BCUT2D eigenvalue weighted by Gasteiger charge is 2.63. The van der Waals surface area contributed by atoms with Crippen molar-refractivity contribution < 1.29 is 19.1 Å². The Bertz CT molecular complexity index is 290. The van der Waals surface area contributed by atoms with Crippen LogP contribution in [0.5, 0.6) is 0 Å². The van der Waals surface area contributed by atoms with Crippen LogP contribution in [0.25, 0.3) is 0 Å². The third kappa shape index (κ3) is 2.38. The molecule has 0 saturated heterocycles. The molecule has 0 aromatic heterocycles. The third-order valence-electron chi connectivity index (χ3n) is 4.19. The van der Waals surface area contributed by atoms with E-state index in [-0.39, 0.29) is 5.41 Å². The molecule has 0 radical (unpaired) electrons. The summed E-state index contributed by atoms with van der Waals surface area (Å²) in [5.41, 5.74) is -0.947. The maximum absolute atomic E-state index is 12.1. The number of hydrogen-bond acceptors (Lipinski definition) is 4. The van der Waals surface area contributed by atoms with Gasteiger partial charge in [0.1, 0.15) is 0 Å². The van der Waals surface area contributed by atoms with Crippen molar-refractivity contribution in [3.63, 3.8) is 0 Å². The number of esters is 2. The number of carbonyl (C=O) groups excluding carboxylic acids is 2. The lowest BCUT2D eigenvalue weighted by atomic mass is 9.50. The molecular formula is C14H24O4. The van der Waals surface area contributed by atoms with Crippen LogP contribution in [-0.2, 0) is 19.1 Å². The summed E-state index contributed by atoms with van der Waals surface area (Å²) in [5.74, 6) is -0.832. The van der Waals surface area contributed by atoms with Crippen LogP contribution in [0.15, 0.2) is 0 Å². The van der Waals surface area contributed by atoms with Gasteiger partial charge in [0.2, 0.25) is 0 Å². The van der Waals surface area contributed by atoms with Gasteiger partial charge in [-0.05, 0) is 32.1 Å². The summed E-state index contributed by atoms with van der Waals surface area (Å²) in [4.78, 5) is 24.1. The summed E-state index contributed by atoms with van der Waals surface area (Å²) in [7, 11) is 0. The normalized spacial score (nSPS) is 19.8. The van der Waals surface area contributed by atoms with Gasteiger partial charge in [0.15, 0.2) is 5.41 Å². The minimum Gasteiger partial charge on any atom is -0.465 e. The highest BCUT2D eigenvalue weighted by Crippen LogP contribution is 2.59. The zero-order valence-corrected chi connectivity index (χ0v) is 11.9. The van der Waals surface area contributed by atoms with Crippen molar-refractivity contribution in [1.82, 2.24) is 0 Å². The number of ether oxygens (including phenoxy) is 2. The molecule has 1 rings (SSSR count). The van der Waals surface area contributed by atoms with Gasteiger partial charge in [-0.3, -0.25) is 9.59 Å². The van der Waals surface area contributed by atoms with Crippen LogP contribution >= 0.6 is 0 Å². The molecule has 4 nitrogen and oxygen atoms in total. The van der Waals surface area contributed by atoms with Crippen molar-refractivity contribution in [2.45, 2.75) is 53.4 Å². The molecule has 0 aliphatic heterocycles. The van der Waals surface area contributed by atoms with Crippen LogP contribution < -0.4 is 0 Å². The van der Waals surface area contributed by atoms with Gasteiger partial charge in [-0.1, -0.05) is 26.7 Å². The van der Waals surface area contributed by atoms with Crippen LogP contribution in [-0.4, -0.2) is 25.2 Å². The molecule has 0 aromatic carbocycles. The molecule has 1 saturated carbocycles. The predicted molar refractivity (Wildman–Crippen MR) is 67.9 cm³/mol. The molecule has 1 aliphatic rings. The number of rotatable bonds is 6. The van der Waals surface area contributed by atoms with Crippen molar-refractivity contribution in [1.29, 1.82) is 0 Å². The van der Waals surface area contributed by atoms with Gasteiger partial charge >= 0.3 is 11.9 Å². The molecule has 0 heterocycles. The van der Waals surface area contributed by atoms with Gasteiger partial charge in [0.05, 0.1) is 13.2 Å². The van der Waals surface area contributed by atoms with Gasteiger partial charge in [0.25, 0.3) is 0 Å². The topological polar surface area (TPSA) is 52.6 Å². The number of carbonyl (C=O) groups is 2. The Labute approximate surface area is 109 Å². The third-order valence-corrected chi connectivity index (χ3v) is 4.19. The van der Waals surface area contributed by atoms with Gasteiger partial charge in [-0.25, -0.2) is 0 Å². The molecule has 0 unspecified atom stereocenters. The highest BCUT2D eigenvalue weighted by molar-refractivity contribution is 6.01. The molecule has 0 amide bonds. The van der Waals surface area contributed by atoms with E-state index >= 15 is 0 Å². The maximum atomic E-state index is 12.1. The monoisotopic (exact) mass is 256 g/mol.